The first-order chi connectivity index (χ1) is 24.3. The highest BCUT2D eigenvalue weighted by atomic mass is 16.7. The molecule has 0 bridgehead atoms. The smallest absolute Gasteiger partial charge is 0.312 e. The van der Waals surface area contributed by atoms with Crippen LogP contribution in [0.3, 0.4) is 0 Å². The molecule has 1 amide bonds. The van der Waals surface area contributed by atoms with E-state index in [2.05, 4.69) is 5.32 Å². The van der Waals surface area contributed by atoms with Gasteiger partial charge >= 0.3 is 11.9 Å². The van der Waals surface area contributed by atoms with Crippen molar-refractivity contribution in [2.24, 2.45) is 17.8 Å². The number of nitrogens with zero attached hydrogens (tertiary/aromatic N) is 1. The zero-order valence-electron chi connectivity index (χ0n) is 32.9. The molecule has 14 atom stereocenters. The number of carbonyl (C=O) groups excluding carboxylic acids is 3. The fourth-order valence-electron chi connectivity index (χ4n) is 7.75. The second-order valence-electron chi connectivity index (χ2n) is 15.6. The van der Waals surface area contributed by atoms with Gasteiger partial charge in [0.25, 0.3) is 0 Å². The lowest BCUT2D eigenvalue weighted by atomic mass is 9.78. The van der Waals surface area contributed by atoms with Crippen LogP contribution in [0.15, 0.2) is 30.3 Å². The predicted molar refractivity (Wildman–Crippen MR) is 194 cm³/mol. The van der Waals surface area contributed by atoms with Crippen LogP contribution >= 0.6 is 0 Å². The third-order valence-corrected chi connectivity index (χ3v) is 11.1. The van der Waals surface area contributed by atoms with E-state index in [1.807, 2.05) is 56.3 Å². The van der Waals surface area contributed by atoms with Crippen molar-refractivity contribution in [2.45, 2.75) is 154 Å². The van der Waals surface area contributed by atoms with E-state index in [-0.39, 0.29) is 31.4 Å². The second kappa shape index (κ2) is 18.6. The predicted octanol–water partition coefficient (Wildman–Crippen LogP) is 3.00. The van der Waals surface area contributed by atoms with Crippen LogP contribution in [0.2, 0.25) is 0 Å². The Morgan fingerprint density at radius 3 is 2.25 bits per heavy atom. The number of hydrogen-bond donors (Lipinski definition) is 4. The van der Waals surface area contributed by atoms with Gasteiger partial charge in [-0.05, 0) is 80.0 Å². The Balaban J connectivity index is 2.15. The molecule has 0 radical (unpaired) electrons. The Bertz CT molecular complexity index is 1310. The number of rotatable bonds is 9. The number of cyclic esters (lactones) is 1. The van der Waals surface area contributed by atoms with Crippen LogP contribution < -0.4 is 5.32 Å². The lowest BCUT2D eigenvalue weighted by Gasteiger charge is -2.48. The number of ether oxygens (including phenoxy) is 5. The van der Waals surface area contributed by atoms with Crippen molar-refractivity contribution < 1.29 is 53.4 Å². The first kappa shape index (κ1) is 43.8. The maximum absolute atomic E-state index is 14.0. The number of amides is 1. The normalized spacial score (nSPS) is 39.9. The highest BCUT2D eigenvalue weighted by Crippen LogP contribution is 2.38. The van der Waals surface area contributed by atoms with Gasteiger partial charge in [-0.25, -0.2) is 0 Å². The quantitative estimate of drug-likeness (QED) is 0.274. The third-order valence-electron chi connectivity index (χ3n) is 11.1. The third kappa shape index (κ3) is 10.5. The van der Waals surface area contributed by atoms with Crippen molar-refractivity contribution in [3.8, 4) is 0 Å². The standard InChI is InChI=1S/C39H64N2O11/c1-12-29-39(8,47)33(44)26(6)35(45)40-22(2)21-38(7,48-11)34(52-37-31(43)28(41(9)10)20-23(3)49-37)24(4)32(25(5)36(46)50-29)51-30(42)19-18-27-16-14-13-15-17-27/h13-17,22-26,28-29,31-34,37,43-44,47H,12,18-21H2,1-11H3,(H,40,45)/t22-,23-,24+,25-,26-,28+,29-,31-,32+,33-,34-,37+,38-,39-/m1/s1. The molecule has 0 spiro atoms. The number of benzene rings is 1. The Morgan fingerprint density at radius 1 is 1.04 bits per heavy atom. The van der Waals surface area contributed by atoms with E-state index in [0.29, 0.717) is 12.8 Å². The van der Waals surface area contributed by atoms with Gasteiger partial charge in [0, 0.05) is 31.5 Å². The fourth-order valence-corrected chi connectivity index (χ4v) is 7.75. The van der Waals surface area contributed by atoms with Crippen LogP contribution in [0.1, 0.15) is 86.6 Å². The summed E-state index contributed by atoms with van der Waals surface area (Å²) in [6.07, 6.45) is -6.05. The van der Waals surface area contributed by atoms with Gasteiger partial charge in [-0.1, -0.05) is 51.1 Å². The fraction of sp³-hybridized carbons (Fsp3) is 0.769. The highest BCUT2D eigenvalue weighted by Gasteiger charge is 2.52. The molecular weight excluding hydrogens is 672 g/mol. The number of methoxy groups -OCH3 is 1. The number of hydrogen-bond acceptors (Lipinski definition) is 12. The Morgan fingerprint density at radius 2 is 1.67 bits per heavy atom. The molecular formula is C39H64N2O11. The van der Waals surface area contributed by atoms with Crippen LogP contribution in [0.5, 0.6) is 0 Å². The Labute approximate surface area is 309 Å². The van der Waals surface area contributed by atoms with Gasteiger partial charge in [-0.15, -0.1) is 0 Å². The molecule has 0 saturated carbocycles. The van der Waals surface area contributed by atoms with Crippen LogP contribution in [0.25, 0.3) is 0 Å². The van der Waals surface area contributed by atoms with Crippen molar-refractivity contribution in [3.05, 3.63) is 35.9 Å². The number of likely N-dealkylation sites (N-methyl/N-ethyl adjacent to an activating group) is 1. The van der Waals surface area contributed by atoms with Gasteiger partial charge in [0.2, 0.25) is 5.91 Å². The highest BCUT2D eigenvalue weighted by molar-refractivity contribution is 5.79. The lowest BCUT2D eigenvalue weighted by molar-refractivity contribution is -0.301. The van der Waals surface area contributed by atoms with E-state index >= 15 is 0 Å². The molecule has 2 aliphatic heterocycles. The maximum Gasteiger partial charge on any atom is 0.312 e. The molecule has 2 fully saturated rings. The van der Waals surface area contributed by atoms with Gasteiger partial charge in [0.1, 0.15) is 23.9 Å². The largest absolute Gasteiger partial charge is 0.461 e. The van der Waals surface area contributed by atoms with Crippen LogP contribution in [0.4, 0.5) is 0 Å². The summed E-state index contributed by atoms with van der Waals surface area (Å²) in [6, 6.07) is 8.66. The summed E-state index contributed by atoms with van der Waals surface area (Å²) in [4.78, 5) is 43.0. The summed E-state index contributed by atoms with van der Waals surface area (Å²) in [5.74, 6) is -4.79. The number of esters is 2. The van der Waals surface area contributed by atoms with Crippen molar-refractivity contribution in [2.75, 3.05) is 21.2 Å². The van der Waals surface area contributed by atoms with Crippen molar-refractivity contribution in [3.63, 3.8) is 0 Å². The number of aliphatic hydroxyl groups excluding tert-OH is 2. The number of aliphatic hydroxyl groups is 3. The molecule has 0 unspecified atom stereocenters. The molecule has 3 rings (SSSR count). The Kier molecular flexibility index (Phi) is 15.6. The molecule has 13 nitrogen and oxygen atoms in total. The zero-order chi connectivity index (χ0) is 39.1. The SMILES string of the molecule is CC[C@H]1OC(=O)[C@H](C)[C@@H](OC(=O)CCc2ccccc2)[C@H](C)[C@@H](O[C@@H]2O[C@H](C)C[C@H](N(C)C)[C@H]2O)[C@](C)(OC)C[C@@H](C)NC(=O)[C@H](C)[C@@H](O)[C@]1(C)O. The van der Waals surface area contributed by atoms with E-state index in [1.165, 1.54) is 21.0 Å². The number of nitrogens with one attached hydrogen (secondary N) is 1. The van der Waals surface area contributed by atoms with E-state index < -0.39 is 89.7 Å². The monoisotopic (exact) mass is 736 g/mol. The molecule has 4 N–H and O–H groups in total. The zero-order valence-corrected chi connectivity index (χ0v) is 32.9. The van der Waals surface area contributed by atoms with E-state index in [4.69, 9.17) is 23.7 Å². The van der Waals surface area contributed by atoms with Gasteiger partial charge in [-0.3, -0.25) is 14.4 Å². The summed E-state index contributed by atoms with van der Waals surface area (Å²) in [6.45, 7) is 13.4. The summed E-state index contributed by atoms with van der Waals surface area (Å²) < 4.78 is 31.2. The maximum atomic E-state index is 14.0. The summed E-state index contributed by atoms with van der Waals surface area (Å²) >= 11 is 0. The second-order valence-corrected chi connectivity index (χ2v) is 15.6. The first-order valence-electron chi connectivity index (χ1n) is 18.6. The van der Waals surface area contributed by atoms with Gasteiger partial charge < -0.3 is 49.2 Å². The molecule has 1 aromatic rings. The van der Waals surface area contributed by atoms with E-state index in [9.17, 15) is 29.7 Å². The lowest BCUT2D eigenvalue weighted by Crippen LogP contribution is -2.60. The topological polar surface area (TPSA) is 173 Å². The van der Waals surface area contributed by atoms with Gasteiger partial charge in [-0.2, -0.15) is 0 Å². The van der Waals surface area contributed by atoms with E-state index in [1.54, 1.807) is 34.6 Å². The van der Waals surface area contributed by atoms with Crippen LogP contribution in [0, 0.1) is 17.8 Å². The molecule has 2 saturated heterocycles. The van der Waals surface area contributed by atoms with Gasteiger partial charge in [0.05, 0.1) is 35.7 Å². The molecule has 2 aliphatic rings. The minimum absolute atomic E-state index is 0.0357. The number of carbonyl (C=O) groups is 3. The molecule has 1 aromatic carbocycles. The van der Waals surface area contributed by atoms with Gasteiger partial charge in [0.15, 0.2) is 6.29 Å². The molecule has 296 valence electrons. The molecule has 0 aliphatic carbocycles. The molecule has 2 heterocycles. The van der Waals surface area contributed by atoms with Crippen LogP contribution in [-0.4, -0.2) is 125 Å². The molecule has 13 heteroatoms. The van der Waals surface area contributed by atoms with Crippen molar-refractivity contribution in [1.29, 1.82) is 0 Å². The average Bonchev–Trinajstić information content (AvgIpc) is 3.10. The minimum Gasteiger partial charge on any atom is -0.461 e. The number of aryl methyl sites for hydroxylation is 1. The summed E-state index contributed by atoms with van der Waals surface area (Å²) in [7, 11) is 5.25. The van der Waals surface area contributed by atoms with Crippen molar-refractivity contribution >= 4 is 17.8 Å². The molecule has 0 aromatic heterocycles. The average molecular weight is 737 g/mol. The molecule has 52 heavy (non-hydrogen) atoms. The van der Waals surface area contributed by atoms with Crippen molar-refractivity contribution in [1.82, 2.24) is 10.2 Å². The Hall–Kier alpha value is -2.65. The first-order valence-corrected chi connectivity index (χ1v) is 18.6. The van der Waals surface area contributed by atoms with Crippen LogP contribution in [-0.2, 0) is 44.5 Å². The minimum atomic E-state index is -2.00. The summed E-state index contributed by atoms with van der Waals surface area (Å²) in [5.41, 5.74) is -2.28. The summed E-state index contributed by atoms with van der Waals surface area (Å²) in [5, 5.41) is 37.3. The van der Waals surface area contributed by atoms with E-state index in [0.717, 1.165) is 5.56 Å².